The van der Waals surface area contributed by atoms with E-state index in [1.54, 1.807) is 39.8 Å². The number of carbonyl (C=O) groups excluding carboxylic acids is 2. The topological polar surface area (TPSA) is 66.7 Å². The zero-order valence-electron chi connectivity index (χ0n) is 16.1. The molecule has 1 fully saturated rings. The molecule has 4 rings (SSSR count). The first-order valence-corrected chi connectivity index (χ1v) is 9.93. The molecule has 0 saturated carbocycles. The van der Waals surface area contributed by atoms with Crippen LogP contribution in [0, 0.1) is 5.82 Å². The van der Waals surface area contributed by atoms with Crippen LogP contribution < -0.4 is 5.32 Å². The zero-order valence-corrected chi connectivity index (χ0v) is 16.1. The van der Waals surface area contributed by atoms with Crippen LogP contribution in [0.1, 0.15) is 45.9 Å². The lowest BCUT2D eigenvalue weighted by Gasteiger charge is -2.25. The van der Waals surface area contributed by atoms with E-state index < -0.39 is 0 Å². The fraction of sp³-hybridized carbons (Fsp3) is 0.318. The van der Waals surface area contributed by atoms with Gasteiger partial charge in [-0.1, -0.05) is 24.3 Å². The van der Waals surface area contributed by atoms with Gasteiger partial charge in [0.2, 0.25) is 5.82 Å². The summed E-state index contributed by atoms with van der Waals surface area (Å²) in [5.41, 5.74) is 1.33. The van der Waals surface area contributed by atoms with Gasteiger partial charge in [-0.3, -0.25) is 14.0 Å². The number of nitrogens with zero attached hydrogens (tertiary/aromatic N) is 3. The number of rotatable bonds is 5. The molecule has 0 aliphatic carbocycles. The standard InChI is InChI=1S/C22H23FN4O2/c23-17-9-3-2-8-16(17)11-12-24-21(28)19-18-10-4-7-15-27(18)20(25-19)22(29)26-13-5-1-6-14-26/h2-4,7-10,15H,1,5-6,11-14H2,(H,24,28). The van der Waals surface area contributed by atoms with Gasteiger partial charge in [0.25, 0.3) is 11.8 Å². The van der Waals surface area contributed by atoms with Gasteiger partial charge in [-0.25, -0.2) is 9.37 Å². The van der Waals surface area contributed by atoms with Gasteiger partial charge in [-0.2, -0.15) is 0 Å². The van der Waals surface area contributed by atoms with Crippen LogP contribution in [-0.4, -0.2) is 45.7 Å². The van der Waals surface area contributed by atoms with Crippen molar-refractivity contribution in [2.24, 2.45) is 0 Å². The van der Waals surface area contributed by atoms with Crippen molar-refractivity contribution in [1.29, 1.82) is 0 Å². The minimum Gasteiger partial charge on any atom is -0.350 e. The Morgan fingerprint density at radius 2 is 1.79 bits per heavy atom. The van der Waals surface area contributed by atoms with E-state index in [9.17, 15) is 14.0 Å². The lowest BCUT2D eigenvalue weighted by Crippen LogP contribution is -2.36. The van der Waals surface area contributed by atoms with Crippen LogP contribution in [0.25, 0.3) is 5.52 Å². The lowest BCUT2D eigenvalue weighted by atomic mass is 10.1. The molecule has 0 bridgehead atoms. The molecule has 1 aliphatic heterocycles. The van der Waals surface area contributed by atoms with Crippen molar-refractivity contribution >= 4 is 17.3 Å². The minimum atomic E-state index is -0.372. The predicted molar refractivity (Wildman–Crippen MR) is 107 cm³/mol. The number of fused-ring (bicyclic) bond motifs is 1. The molecule has 3 heterocycles. The van der Waals surface area contributed by atoms with Crippen molar-refractivity contribution in [3.63, 3.8) is 0 Å². The average Bonchev–Trinajstić information content (AvgIpc) is 3.15. The Labute approximate surface area is 168 Å². The Morgan fingerprint density at radius 3 is 2.59 bits per heavy atom. The molecule has 150 valence electrons. The molecule has 2 amide bonds. The van der Waals surface area contributed by atoms with Gasteiger partial charge in [0.1, 0.15) is 5.82 Å². The Kier molecular flexibility index (Phi) is 5.55. The van der Waals surface area contributed by atoms with Crippen molar-refractivity contribution in [3.8, 4) is 0 Å². The Balaban J connectivity index is 1.53. The number of hydrogen-bond acceptors (Lipinski definition) is 3. The first-order valence-electron chi connectivity index (χ1n) is 9.93. The summed E-state index contributed by atoms with van der Waals surface area (Å²) in [6.45, 7) is 1.70. The maximum absolute atomic E-state index is 13.7. The second-order valence-electron chi connectivity index (χ2n) is 7.19. The Bertz CT molecular complexity index is 1040. The number of piperidine rings is 1. The van der Waals surface area contributed by atoms with Crippen molar-refractivity contribution in [1.82, 2.24) is 19.6 Å². The minimum absolute atomic E-state index is 0.156. The number of benzene rings is 1. The van der Waals surface area contributed by atoms with E-state index in [-0.39, 0.29) is 35.7 Å². The molecule has 0 atom stereocenters. The first kappa shape index (κ1) is 19.1. The SMILES string of the molecule is O=C(NCCc1ccccc1F)c1nc(C(=O)N2CCCCC2)n2ccccc12. The highest BCUT2D eigenvalue weighted by Crippen LogP contribution is 2.17. The van der Waals surface area contributed by atoms with Crippen LogP contribution in [0.5, 0.6) is 0 Å². The zero-order chi connectivity index (χ0) is 20.2. The molecule has 2 aromatic heterocycles. The summed E-state index contributed by atoms with van der Waals surface area (Å²) in [6, 6.07) is 11.9. The van der Waals surface area contributed by atoms with Gasteiger partial charge in [0, 0.05) is 25.8 Å². The van der Waals surface area contributed by atoms with Crippen molar-refractivity contribution in [2.45, 2.75) is 25.7 Å². The molecular formula is C22H23FN4O2. The van der Waals surface area contributed by atoms with E-state index in [2.05, 4.69) is 10.3 Å². The normalized spacial score (nSPS) is 14.2. The van der Waals surface area contributed by atoms with Crippen molar-refractivity contribution in [2.75, 3.05) is 19.6 Å². The molecule has 0 unspecified atom stereocenters. The van der Waals surface area contributed by atoms with Crippen LogP contribution in [-0.2, 0) is 6.42 Å². The number of likely N-dealkylation sites (tertiary alicyclic amines) is 1. The van der Waals surface area contributed by atoms with E-state index in [1.165, 1.54) is 6.07 Å². The lowest BCUT2D eigenvalue weighted by molar-refractivity contribution is 0.0711. The highest BCUT2D eigenvalue weighted by atomic mass is 19.1. The van der Waals surface area contributed by atoms with Gasteiger partial charge in [-0.15, -0.1) is 0 Å². The van der Waals surface area contributed by atoms with Crippen LogP contribution in [0.3, 0.4) is 0 Å². The maximum Gasteiger partial charge on any atom is 0.290 e. The fourth-order valence-electron chi connectivity index (χ4n) is 3.69. The number of aromatic nitrogens is 2. The molecule has 1 saturated heterocycles. The van der Waals surface area contributed by atoms with Gasteiger partial charge >= 0.3 is 0 Å². The summed E-state index contributed by atoms with van der Waals surface area (Å²) in [5, 5.41) is 2.79. The average molecular weight is 394 g/mol. The molecule has 3 aromatic rings. The number of halogens is 1. The number of amides is 2. The Morgan fingerprint density at radius 1 is 1.03 bits per heavy atom. The van der Waals surface area contributed by atoms with Gasteiger partial charge in [0.15, 0.2) is 5.69 Å². The smallest absolute Gasteiger partial charge is 0.290 e. The molecule has 1 aromatic carbocycles. The molecular weight excluding hydrogens is 371 g/mol. The molecule has 0 radical (unpaired) electrons. The van der Waals surface area contributed by atoms with Gasteiger partial charge in [-0.05, 0) is 49.4 Å². The number of pyridine rings is 1. The van der Waals surface area contributed by atoms with Gasteiger partial charge in [0.05, 0.1) is 5.52 Å². The summed E-state index contributed by atoms with van der Waals surface area (Å²) < 4.78 is 15.4. The summed E-state index contributed by atoms with van der Waals surface area (Å²) in [6.07, 6.45) is 5.22. The second-order valence-corrected chi connectivity index (χ2v) is 7.19. The molecule has 29 heavy (non-hydrogen) atoms. The number of hydrogen-bond donors (Lipinski definition) is 1. The number of imidazole rings is 1. The van der Waals surface area contributed by atoms with E-state index >= 15 is 0 Å². The third-order valence-electron chi connectivity index (χ3n) is 5.24. The summed E-state index contributed by atoms with van der Waals surface area (Å²) in [7, 11) is 0. The largest absolute Gasteiger partial charge is 0.350 e. The quantitative estimate of drug-likeness (QED) is 0.723. The van der Waals surface area contributed by atoms with Gasteiger partial charge < -0.3 is 10.2 Å². The Hall–Kier alpha value is -3.22. The molecule has 1 aliphatic rings. The molecule has 0 spiro atoms. The highest BCUT2D eigenvalue weighted by Gasteiger charge is 2.25. The monoisotopic (exact) mass is 394 g/mol. The second kappa shape index (κ2) is 8.43. The maximum atomic E-state index is 13.7. The van der Waals surface area contributed by atoms with Crippen LogP contribution >= 0.6 is 0 Å². The molecule has 7 heteroatoms. The summed E-state index contributed by atoms with van der Waals surface area (Å²) in [4.78, 5) is 31.9. The van der Waals surface area contributed by atoms with E-state index in [1.807, 2.05) is 12.1 Å². The van der Waals surface area contributed by atoms with Crippen molar-refractivity contribution in [3.05, 3.63) is 71.6 Å². The third kappa shape index (κ3) is 3.99. The number of carbonyl (C=O) groups is 2. The fourth-order valence-corrected chi connectivity index (χ4v) is 3.69. The van der Waals surface area contributed by atoms with E-state index in [4.69, 9.17) is 0 Å². The molecule has 1 N–H and O–H groups in total. The summed E-state index contributed by atoms with van der Waals surface area (Å²) in [5.74, 6) is -0.565. The van der Waals surface area contributed by atoms with Crippen LogP contribution in [0.2, 0.25) is 0 Å². The third-order valence-corrected chi connectivity index (χ3v) is 5.24. The first-order chi connectivity index (χ1) is 14.1. The van der Waals surface area contributed by atoms with E-state index in [0.29, 0.717) is 30.6 Å². The van der Waals surface area contributed by atoms with E-state index in [0.717, 1.165) is 19.3 Å². The number of nitrogens with one attached hydrogen (secondary N) is 1. The molecule has 6 nitrogen and oxygen atoms in total. The summed E-state index contributed by atoms with van der Waals surface area (Å²) >= 11 is 0. The van der Waals surface area contributed by atoms with Crippen LogP contribution in [0.15, 0.2) is 48.7 Å². The van der Waals surface area contributed by atoms with Crippen LogP contribution in [0.4, 0.5) is 4.39 Å². The predicted octanol–water partition coefficient (Wildman–Crippen LogP) is 3.07. The van der Waals surface area contributed by atoms with Crippen molar-refractivity contribution < 1.29 is 14.0 Å². The highest BCUT2D eigenvalue weighted by molar-refractivity contribution is 6.02.